The van der Waals surface area contributed by atoms with Crippen molar-refractivity contribution < 1.29 is 19.1 Å². The van der Waals surface area contributed by atoms with Gasteiger partial charge < -0.3 is 14.3 Å². The molecule has 1 aromatic rings. The van der Waals surface area contributed by atoms with Crippen molar-refractivity contribution in [3.8, 4) is 0 Å². The van der Waals surface area contributed by atoms with Crippen LogP contribution in [0.15, 0.2) is 10.5 Å². The molecule has 5 nitrogen and oxygen atoms in total. The summed E-state index contributed by atoms with van der Waals surface area (Å²) in [5, 5.41) is 9.66. The Morgan fingerprint density at radius 2 is 2.05 bits per heavy atom. The molecule has 0 aromatic carbocycles. The van der Waals surface area contributed by atoms with Crippen LogP contribution in [0, 0.1) is 12.8 Å². The number of rotatable bonds is 4. The number of carbonyl (C=O) groups is 1. The third kappa shape index (κ3) is 3.47. The van der Waals surface area contributed by atoms with Crippen LogP contribution in [0.5, 0.6) is 0 Å². The van der Waals surface area contributed by atoms with Crippen molar-refractivity contribution in [2.45, 2.75) is 45.8 Å². The summed E-state index contributed by atoms with van der Waals surface area (Å²) in [6, 6.07) is 2.04. The number of furan rings is 1. The number of aliphatic hydroxyl groups excluding tert-OH is 1. The van der Waals surface area contributed by atoms with E-state index in [0.29, 0.717) is 11.7 Å². The number of esters is 1. The first kappa shape index (κ1) is 16.0. The van der Waals surface area contributed by atoms with Crippen LogP contribution in [0.4, 0.5) is 0 Å². The number of hydrogen-bond acceptors (Lipinski definition) is 5. The summed E-state index contributed by atoms with van der Waals surface area (Å²) >= 11 is 0. The van der Waals surface area contributed by atoms with Crippen LogP contribution in [0.1, 0.15) is 54.6 Å². The zero-order chi connectivity index (χ0) is 15.6. The molecule has 0 saturated carbocycles. The second-order valence-electron chi connectivity index (χ2n) is 5.94. The topological polar surface area (TPSA) is 62.9 Å². The molecule has 1 aliphatic rings. The van der Waals surface area contributed by atoms with Crippen molar-refractivity contribution in [3.63, 3.8) is 0 Å². The molecule has 1 aromatic heterocycles. The molecule has 1 N–H and O–H groups in total. The molecule has 5 heteroatoms. The van der Waals surface area contributed by atoms with E-state index in [4.69, 9.17) is 9.15 Å². The van der Waals surface area contributed by atoms with E-state index >= 15 is 0 Å². The van der Waals surface area contributed by atoms with Crippen LogP contribution in [0.3, 0.4) is 0 Å². The number of hydrogen-bond donors (Lipinski definition) is 1. The molecule has 0 amide bonds. The summed E-state index contributed by atoms with van der Waals surface area (Å²) < 4.78 is 10.4. The average Bonchev–Trinajstić information content (AvgIpc) is 2.87. The third-order valence-corrected chi connectivity index (χ3v) is 4.52. The normalized spacial score (nSPS) is 20.2. The first-order valence-electron chi connectivity index (χ1n) is 7.54. The van der Waals surface area contributed by atoms with Crippen molar-refractivity contribution >= 4 is 5.97 Å². The predicted molar refractivity (Wildman–Crippen MR) is 79.2 cm³/mol. The molecule has 2 unspecified atom stereocenters. The lowest BCUT2D eigenvalue weighted by molar-refractivity contribution is 0.0505. The van der Waals surface area contributed by atoms with Crippen LogP contribution >= 0.6 is 0 Å². The lowest BCUT2D eigenvalue weighted by Crippen LogP contribution is -2.38. The van der Waals surface area contributed by atoms with Crippen LogP contribution < -0.4 is 0 Å². The van der Waals surface area contributed by atoms with Gasteiger partial charge in [-0.3, -0.25) is 4.90 Å². The van der Waals surface area contributed by atoms with Crippen molar-refractivity contribution in [1.82, 2.24) is 4.90 Å². The first-order chi connectivity index (χ1) is 9.93. The monoisotopic (exact) mass is 295 g/mol. The number of likely N-dealkylation sites (tertiary alicyclic amines) is 1. The lowest BCUT2D eigenvalue weighted by atomic mass is 9.91. The number of methoxy groups -OCH3 is 1. The van der Waals surface area contributed by atoms with E-state index in [1.54, 1.807) is 0 Å². The first-order valence-corrected chi connectivity index (χ1v) is 7.54. The number of carbonyl (C=O) groups excluding carboxylic acids is 1. The van der Waals surface area contributed by atoms with Crippen LogP contribution in [0.2, 0.25) is 0 Å². The highest BCUT2D eigenvalue weighted by molar-refractivity contribution is 5.87. The molecule has 2 rings (SSSR count). The Labute approximate surface area is 125 Å². The molecule has 0 bridgehead atoms. The Kier molecular flexibility index (Phi) is 5.06. The molecular weight excluding hydrogens is 270 g/mol. The largest absolute Gasteiger partial charge is 0.463 e. The SMILES string of the molecule is COC(=O)c1oc(C(C)N2CCC(C(C)O)CC2)cc1C. The fourth-order valence-corrected chi connectivity index (χ4v) is 2.98. The Bertz CT molecular complexity index is 486. The minimum atomic E-state index is -0.432. The summed E-state index contributed by atoms with van der Waals surface area (Å²) in [7, 11) is 1.36. The van der Waals surface area contributed by atoms with E-state index in [2.05, 4.69) is 11.8 Å². The number of nitrogens with zero attached hydrogens (tertiary/aromatic N) is 1. The fraction of sp³-hybridized carbons (Fsp3) is 0.688. The summed E-state index contributed by atoms with van der Waals surface area (Å²) in [5.41, 5.74) is 0.808. The van der Waals surface area contributed by atoms with Gasteiger partial charge in [-0.1, -0.05) is 0 Å². The Morgan fingerprint density at radius 1 is 1.43 bits per heavy atom. The molecule has 0 radical (unpaired) electrons. The molecule has 0 spiro atoms. The number of ether oxygens (including phenoxy) is 1. The Hall–Kier alpha value is -1.33. The fourth-order valence-electron chi connectivity index (χ4n) is 2.98. The van der Waals surface area contributed by atoms with Gasteiger partial charge in [-0.05, 0) is 58.7 Å². The summed E-state index contributed by atoms with van der Waals surface area (Å²) in [6.07, 6.45) is 1.75. The van der Waals surface area contributed by atoms with Crippen LogP contribution in [-0.2, 0) is 4.74 Å². The van der Waals surface area contributed by atoms with Crippen LogP contribution in [0.25, 0.3) is 0 Å². The predicted octanol–water partition coefficient (Wildman–Crippen LogP) is 2.53. The van der Waals surface area contributed by atoms with Gasteiger partial charge in [0.15, 0.2) is 0 Å². The maximum absolute atomic E-state index is 11.6. The highest BCUT2D eigenvalue weighted by Crippen LogP contribution is 2.30. The Balaban J connectivity index is 2.04. The quantitative estimate of drug-likeness (QED) is 0.865. The van der Waals surface area contributed by atoms with E-state index in [-0.39, 0.29) is 12.1 Å². The van der Waals surface area contributed by atoms with Gasteiger partial charge in [0, 0.05) is 5.56 Å². The van der Waals surface area contributed by atoms with Gasteiger partial charge in [0.05, 0.1) is 19.3 Å². The summed E-state index contributed by atoms with van der Waals surface area (Å²) in [5.74, 6) is 1.04. The van der Waals surface area contributed by atoms with Crippen molar-refractivity contribution in [1.29, 1.82) is 0 Å². The molecule has 21 heavy (non-hydrogen) atoms. The van der Waals surface area contributed by atoms with E-state index in [9.17, 15) is 9.90 Å². The third-order valence-electron chi connectivity index (χ3n) is 4.52. The smallest absolute Gasteiger partial charge is 0.374 e. The van der Waals surface area contributed by atoms with E-state index in [1.165, 1.54) is 7.11 Å². The zero-order valence-electron chi connectivity index (χ0n) is 13.3. The molecule has 0 aliphatic carbocycles. The average molecular weight is 295 g/mol. The van der Waals surface area contributed by atoms with Crippen molar-refractivity contribution in [3.05, 3.63) is 23.2 Å². The molecule has 1 saturated heterocycles. The Morgan fingerprint density at radius 3 is 2.57 bits per heavy atom. The van der Waals surface area contributed by atoms with Crippen LogP contribution in [-0.4, -0.2) is 42.3 Å². The molecular formula is C16H25NO4. The van der Waals surface area contributed by atoms with Gasteiger partial charge in [0.25, 0.3) is 0 Å². The van der Waals surface area contributed by atoms with Gasteiger partial charge in [-0.25, -0.2) is 4.79 Å². The highest BCUT2D eigenvalue weighted by atomic mass is 16.5. The maximum Gasteiger partial charge on any atom is 0.374 e. The van der Waals surface area contributed by atoms with Gasteiger partial charge in [0.1, 0.15) is 5.76 Å². The molecule has 2 atom stereocenters. The zero-order valence-corrected chi connectivity index (χ0v) is 13.3. The van der Waals surface area contributed by atoms with E-state index in [1.807, 2.05) is 19.9 Å². The maximum atomic E-state index is 11.6. The summed E-state index contributed by atoms with van der Waals surface area (Å²) in [4.78, 5) is 13.9. The lowest BCUT2D eigenvalue weighted by Gasteiger charge is -2.36. The minimum Gasteiger partial charge on any atom is -0.463 e. The molecule has 1 aliphatic heterocycles. The molecule has 2 heterocycles. The van der Waals surface area contributed by atoms with E-state index in [0.717, 1.165) is 37.3 Å². The second-order valence-corrected chi connectivity index (χ2v) is 5.94. The van der Waals surface area contributed by atoms with Gasteiger partial charge in [0.2, 0.25) is 5.76 Å². The van der Waals surface area contributed by atoms with Gasteiger partial charge >= 0.3 is 5.97 Å². The number of aryl methyl sites for hydroxylation is 1. The van der Waals surface area contributed by atoms with E-state index < -0.39 is 5.97 Å². The highest BCUT2D eigenvalue weighted by Gasteiger charge is 2.28. The van der Waals surface area contributed by atoms with Gasteiger partial charge in [-0.2, -0.15) is 0 Å². The second kappa shape index (κ2) is 6.62. The number of aliphatic hydroxyl groups is 1. The molecule has 118 valence electrons. The summed E-state index contributed by atoms with van der Waals surface area (Å²) in [6.45, 7) is 7.67. The van der Waals surface area contributed by atoms with Crippen molar-refractivity contribution in [2.75, 3.05) is 20.2 Å². The van der Waals surface area contributed by atoms with Gasteiger partial charge in [-0.15, -0.1) is 0 Å². The van der Waals surface area contributed by atoms with Crippen molar-refractivity contribution in [2.24, 2.45) is 5.92 Å². The standard InChI is InChI=1S/C16H25NO4/c1-10-9-14(21-15(10)16(19)20-4)11(2)17-7-5-13(6-8-17)12(3)18/h9,11-13,18H,5-8H2,1-4H3. The molecule has 1 fully saturated rings. The minimum absolute atomic E-state index is 0.122. The number of piperidine rings is 1.